The highest BCUT2D eigenvalue weighted by Gasteiger charge is 2.34. The molecule has 1 aliphatic carbocycles. The zero-order valence-corrected chi connectivity index (χ0v) is 9.28. The van der Waals surface area contributed by atoms with Gasteiger partial charge in [0.2, 0.25) is 0 Å². The van der Waals surface area contributed by atoms with E-state index in [2.05, 4.69) is 17.1 Å². The van der Waals surface area contributed by atoms with Crippen molar-refractivity contribution in [2.75, 3.05) is 6.54 Å². The van der Waals surface area contributed by atoms with Gasteiger partial charge in [-0.1, -0.05) is 18.9 Å². The molecule has 1 aromatic carbocycles. The Kier molecular flexibility index (Phi) is 2.21. The van der Waals surface area contributed by atoms with Crippen LogP contribution in [-0.4, -0.2) is 11.5 Å². The minimum Gasteiger partial charge on any atom is -0.443 e. The summed E-state index contributed by atoms with van der Waals surface area (Å²) in [5.74, 6) is 0. The summed E-state index contributed by atoms with van der Waals surface area (Å²) in [4.78, 5) is 4.14. The van der Waals surface area contributed by atoms with E-state index < -0.39 is 0 Å². The maximum Gasteiger partial charge on any atom is 0.181 e. The first-order chi connectivity index (χ1) is 7.84. The summed E-state index contributed by atoms with van der Waals surface area (Å²) in [5.41, 5.74) is 9.27. The number of benzene rings is 1. The Morgan fingerprint density at radius 1 is 1.31 bits per heavy atom. The van der Waals surface area contributed by atoms with Gasteiger partial charge in [-0.3, -0.25) is 0 Å². The molecule has 0 radical (unpaired) electrons. The van der Waals surface area contributed by atoms with Crippen LogP contribution in [-0.2, 0) is 5.41 Å². The molecular weight excluding hydrogens is 200 g/mol. The molecule has 3 rings (SSSR count). The summed E-state index contributed by atoms with van der Waals surface area (Å²) in [7, 11) is 0. The van der Waals surface area contributed by atoms with Crippen LogP contribution < -0.4 is 5.73 Å². The van der Waals surface area contributed by atoms with Gasteiger partial charge in [-0.05, 0) is 30.5 Å². The van der Waals surface area contributed by atoms with Gasteiger partial charge in [0, 0.05) is 12.0 Å². The van der Waals surface area contributed by atoms with Crippen molar-refractivity contribution in [3.63, 3.8) is 0 Å². The van der Waals surface area contributed by atoms with E-state index >= 15 is 0 Å². The molecule has 16 heavy (non-hydrogen) atoms. The van der Waals surface area contributed by atoms with E-state index in [1.165, 1.54) is 37.6 Å². The number of nitrogens with two attached hydrogens (primary N) is 1. The Morgan fingerprint density at radius 2 is 2.12 bits per heavy atom. The van der Waals surface area contributed by atoms with Crippen molar-refractivity contribution in [1.29, 1.82) is 0 Å². The molecule has 0 bridgehead atoms. The molecular formula is C13H16N2O. The second-order valence-electron chi connectivity index (χ2n) is 4.73. The van der Waals surface area contributed by atoms with Gasteiger partial charge in [0.25, 0.3) is 0 Å². The normalized spacial score (nSPS) is 19.3. The average molecular weight is 216 g/mol. The lowest BCUT2D eigenvalue weighted by atomic mass is 9.79. The van der Waals surface area contributed by atoms with Crippen molar-refractivity contribution < 1.29 is 4.42 Å². The van der Waals surface area contributed by atoms with E-state index in [0.717, 1.165) is 17.6 Å². The van der Waals surface area contributed by atoms with Crippen molar-refractivity contribution >= 4 is 11.1 Å². The third-order valence-corrected chi connectivity index (χ3v) is 3.90. The van der Waals surface area contributed by atoms with Gasteiger partial charge in [-0.15, -0.1) is 0 Å². The van der Waals surface area contributed by atoms with Crippen LogP contribution in [0.3, 0.4) is 0 Å². The van der Waals surface area contributed by atoms with E-state index in [1.54, 1.807) is 0 Å². The SMILES string of the molecule is NCC1(c2ccc3ncoc3c2)CCCC1. The highest BCUT2D eigenvalue weighted by Crippen LogP contribution is 2.40. The van der Waals surface area contributed by atoms with Crippen molar-refractivity contribution in [2.24, 2.45) is 5.73 Å². The summed E-state index contributed by atoms with van der Waals surface area (Å²) in [6, 6.07) is 6.30. The number of hydrogen-bond donors (Lipinski definition) is 1. The second kappa shape index (κ2) is 3.59. The van der Waals surface area contributed by atoms with Crippen LogP contribution in [0.2, 0.25) is 0 Å². The third kappa shape index (κ3) is 1.35. The zero-order valence-electron chi connectivity index (χ0n) is 9.28. The number of nitrogens with zero attached hydrogens (tertiary/aromatic N) is 1. The zero-order chi connectivity index (χ0) is 11.0. The highest BCUT2D eigenvalue weighted by atomic mass is 16.3. The standard InChI is InChI=1S/C13H16N2O/c14-8-13(5-1-2-6-13)10-3-4-11-12(7-10)16-9-15-11/h3-4,7,9H,1-2,5-6,8,14H2. The van der Waals surface area contributed by atoms with Crippen molar-refractivity contribution in [2.45, 2.75) is 31.1 Å². The van der Waals surface area contributed by atoms with Gasteiger partial charge in [-0.25, -0.2) is 4.98 Å². The van der Waals surface area contributed by atoms with Crippen LogP contribution in [0.15, 0.2) is 29.0 Å². The second-order valence-corrected chi connectivity index (χ2v) is 4.73. The molecule has 1 aromatic heterocycles. The topological polar surface area (TPSA) is 52.0 Å². The Bertz CT molecular complexity index is 497. The fourth-order valence-corrected chi connectivity index (χ4v) is 2.85. The van der Waals surface area contributed by atoms with Crippen LogP contribution in [0.1, 0.15) is 31.2 Å². The van der Waals surface area contributed by atoms with Crippen LogP contribution in [0.5, 0.6) is 0 Å². The van der Waals surface area contributed by atoms with Gasteiger partial charge >= 0.3 is 0 Å². The lowest BCUT2D eigenvalue weighted by molar-refractivity contribution is 0.452. The quantitative estimate of drug-likeness (QED) is 0.839. The Labute approximate surface area is 94.7 Å². The lowest BCUT2D eigenvalue weighted by Crippen LogP contribution is -2.31. The van der Waals surface area contributed by atoms with Crippen LogP contribution in [0.25, 0.3) is 11.1 Å². The molecule has 2 N–H and O–H groups in total. The van der Waals surface area contributed by atoms with E-state index in [1.807, 2.05) is 6.07 Å². The molecule has 84 valence electrons. The fraction of sp³-hybridized carbons (Fsp3) is 0.462. The first-order valence-corrected chi connectivity index (χ1v) is 5.88. The number of fused-ring (bicyclic) bond motifs is 1. The van der Waals surface area contributed by atoms with Crippen LogP contribution in [0, 0.1) is 0 Å². The molecule has 1 aliphatic rings. The summed E-state index contributed by atoms with van der Waals surface area (Å²) < 4.78 is 5.36. The highest BCUT2D eigenvalue weighted by molar-refractivity contribution is 5.73. The first kappa shape index (κ1) is 9.85. The van der Waals surface area contributed by atoms with Gasteiger partial charge in [0.05, 0.1) is 0 Å². The van der Waals surface area contributed by atoms with E-state index in [0.29, 0.717) is 0 Å². The average Bonchev–Trinajstić information content (AvgIpc) is 2.97. The van der Waals surface area contributed by atoms with Crippen LogP contribution >= 0.6 is 0 Å². The Morgan fingerprint density at radius 3 is 2.88 bits per heavy atom. The summed E-state index contributed by atoms with van der Waals surface area (Å²) in [6.45, 7) is 0.729. The molecule has 0 saturated heterocycles. The van der Waals surface area contributed by atoms with E-state index in [-0.39, 0.29) is 5.41 Å². The van der Waals surface area contributed by atoms with Crippen molar-refractivity contribution in [3.8, 4) is 0 Å². The molecule has 0 unspecified atom stereocenters. The maximum absolute atomic E-state index is 5.97. The molecule has 0 aliphatic heterocycles. The molecule has 3 heteroatoms. The predicted octanol–water partition coefficient (Wildman–Crippen LogP) is 2.60. The molecule has 1 saturated carbocycles. The molecule has 3 nitrogen and oxygen atoms in total. The molecule has 0 atom stereocenters. The largest absolute Gasteiger partial charge is 0.443 e. The molecule has 1 heterocycles. The molecule has 1 fully saturated rings. The van der Waals surface area contributed by atoms with Crippen molar-refractivity contribution in [1.82, 2.24) is 4.98 Å². The van der Waals surface area contributed by atoms with Gasteiger partial charge < -0.3 is 10.2 Å². The smallest absolute Gasteiger partial charge is 0.181 e. The number of aromatic nitrogens is 1. The van der Waals surface area contributed by atoms with Gasteiger partial charge in [0.15, 0.2) is 12.0 Å². The molecule has 0 amide bonds. The summed E-state index contributed by atoms with van der Waals surface area (Å²) >= 11 is 0. The van der Waals surface area contributed by atoms with Crippen molar-refractivity contribution in [3.05, 3.63) is 30.2 Å². The predicted molar refractivity (Wildman–Crippen MR) is 63.2 cm³/mol. The molecule has 2 aromatic rings. The summed E-state index contributed by atoms with van der Waals surface area (Å²) in [6.07, 6.45) is 6.46. The van der Waals surface area contributed by atoms with Crippen LogP contribution in [0.4, 0.5) is 0 Å². The van der Waals surface area contributed by atoms with Gasteiger partial charge in [-0.2, -0.15) is 0 Å². The number of oxazole rings is 1. The van der Waals surface area contributed by atoms with E-state index in [9.17, 15) is 0 Å². The number of rotatable bonds is 2. The minimum absolute atomic E-state index is 0.182. The minimum atomic E-state index is 0.182. The van der Waals surface area contributed by atoms with E-state index in [4.69, 9.17) is 10.2 Å². The lowest BCUT2D eigenvalue weighted by Gasteiger charge is -2.27. The third-order valence-electron chi connectivity index (χ3n) is 3.90. The maximum atomic E-state index is 5.97. The Balaban J connectivity index is 2.09. The number of hydrogen-bond acceptors (Lipinski definition) is 3. The molecule has 0 spiro atoms. The Hall–Kier alpha value is -1.35. The fourth-order valence-electron chi connectivity index (χ4n) is 2.85. The summed E-state index contributed by atoms with van der Waals surface area (Å²) in [5, 5.41) is 0. The first-order valence-electron chi connectivity index (χ1n) is 5.88. The monoisotopic (exact) mass is 216 g/mol. The van der Waals surface area contributed by atoms with Gasteiger partial charge in [0.1, 0.15) is 5.52 Å².